The van der Waals surface area contributed by atoms with E-state index in [1.807, 2.05) is 0 Å². The Morgan fingerprint density at radius 1 is 1.00 bits per heavy atom. The molecule has 0 aliphatic carbocycles. The first-order chi connectivity index (χ1) is 4.54. The van der Waals surface area contributed by atoms with E-state index in [1.165, 1.54) is 0 Å². The van der Waals surface area contributed by atoms with Crippen LogP contribution in [0.2, 0.25) is 0 Å². The van der Waals surface area contributed by atoms with Gasteiger partial charge in [0.1, 0.15) is 16.5 Å². The van der Waals surface area contributed by atoms with Crippen molar-refractivity contribution in [2.24, 2.45) is 0 Å². The Hall–Kier alpha value is 0.806. The van der Waals surface area contributed by atoms with Gasteiger partial charge in [-0.15, -0.1) is 0 Å². The van der Waals surface area contributed by atoms with Crippen molar-refractivity contribution in [3.8, 4) is 0 Å². The van der Waals surface area contributed by atoms with Gasteiger partial charge in [0.2, 0.25) is 0 Å². The van der Waals surface area contributed by atoms with Gasteiger partial charge in [0.05, 0.1) is 0 Å². The molecule has 0 rings (SSSR count). The molecule has 0 fully saturated rings. The summed E-state index contributed by atoms with van der Waals surface area (Å²) in [5.41, 5.74) is 0. The molecule has 0 aromatic carbocycles. The van der Waals surface area contributed by atoms with Gasteiger partial charge in [-0.05, 0) is 0 Å². The van der Waals surface area contributed by atoms with Gasteiger partial charge in [0, 0.05) is 14.2 Å². The van der Waals surface area contributed by atoms with Crippen LogP contribution in [-0.2, 0) is 35.0 Å². The quantitative estimate of drug-likeness (QED) is 0.567. The smallest absolute Gasteiger partial charge is 0.781 e. The largest absolute Gasteiger partial charge is 2.00 e. The van der Waals surface area contributed by atoms with Gasteiger partial charge in [0.15, 0.2) is 0 Å². The second-order valence-electron chi connectivity index (χ2n) is 0.908. The molecular formula is C2H8CoO6P2. The Balaban J connectivity index is -0.000000107. The first-order valence-corrected chi connectivity index (χ1v) is 4.49. The van der Waals surface area contributed by atoms with E-state index < -0.39 is 16.5 Å². The molecule has 0 aromatic rings. The predicted molar refractivity (Wildman–Crippen MR) is 32.0 cm³/mol. The van der Waals surface area contributed by atoms with Crippen LogP contribution >= 0.6 is 16.5 Å². The predicted octanol–water partition coefficient (Wildman–Crippen LogP) is -1.24. The van der Waals surface area contributed by atoms with Crippen molar-refractivity contribution in [1.82, 2.24) is 0 Å². The van der Waals surface area contributed by atoms with Crippen LogP contribution in [0.1, 0.15) is 0 Å². The van der Waals surface area contributed by atoms with Gasteiger partial charge < -0.3 is 28.0 Å². The summed E-state index contributed by atoms with van der Waals surface area (Å²) in [5.74, 6) is 0. The van der Waals surface area contributed by atoms with Gasteiger partial charge in [-0.25, -0.2) is 0 Å². The number of rotatable bonds is 2. The fourth-order valence-electron chi connectivity index (χ4n) is 0. The molecule has 2 atom stereocenters. The van der Waals surface area contributed by atoms with Crippen molar-refractivity contribution in [3.05, 3.63) is 0 Å². The van der Waals surface area contributed by atoms with Gasteiger partial charge >= 0.3 is 16.8 Å². The Bertz CT molecular complexity index is 103. The molecule has 71 valence electrons. The van der Waals surface area contributed by atoms with E-state index in [9.17, 15) is 18.9 Å². The van der Waals surface area contributed by atoms with Crippen LogP contribution < -0.4 is 9.79 Å². The molecule has 2 unspecified atom stereocenters. The molecule has 0 N–H and O–H groups in total. The minimum absolute atomic E-state index is 0. The van der Waals surface area contributed by atoms with E-state index in [-0.39, 0.29) is 16.8 Å². The Morgan fingerprint density at radius 3 is 1.09 bits per heavy atom. The summed E-state index contributed by atoms with van der Waals surface area (Å²) in [6.45, 7) is 0. The van der Waals surface area contributed by atoms with Crippen LogP contribution in [0.25, 0.3) is 0 Å². The average molecular weight is 249 g/mol. The molecule has 0 bridgehead atoms. The molecule has 9 heteroatoms. The zero-order valence-corrected chi connectivity index (χ0v) is 8.82. The van der Waals surface area contributed by atoms with Crippen LogP contribution in [0.3, 0.4) is 0 Å². The van der Waals surface area contributed by atoms with Gasteiger partial charge in [-0.2, -0.15) is 0 Å². The summed E-state index contributed by atoms with van der Waals surface area (Å²) in [7, 11) is -3.51. The number of hydrogen-bond donors (Lipinski definition) is 0. The molecule has 0 aliphatic heterocycles. The minimum atomic E-state index is -2.87. The third kappa shape index (κ3) is 36.3. The molecule has 6 nitrogen and oxygen atoms in total. The van der Waals surface area contributed by atoms with Crippen LogP contribution in [0.5, 0.6) is 0 Å². The van der Waals surface area contributed by atoms with Crippen molar-refractivity contribution in [2.45, 2.75) is 0 Å². The number of hydrogen-bond acceptors (Lipinski definition) is 6. The summed E-state index contributed by atoms with van der Waals surface area (Å²) in [5, 5.41) is 0. The zero-order chi connectivity index (χ0) is 8.57. The monoisotopic (exact) mass is 249 g/mol. The molecule has 0 heterocycles. The van der Waals surface area contributed by atoms with Crippen LogP contribution in [0, 0.1) is 0 Å². The van der Waals surface area contributed by atoms with E-state index in [2.05, 4.69) is 9.05 Å². The molecule has 0 saturated carbocycles. The van der Waals surface area contributed by atoms with E-state index >= 15 is 0 Å². The first-order valence-electron chi connectivity index (χ1n) is 2.04. The van der Waals surface area contributed by atoms with Gasteiger partial charge in [-0.1, -0.05) is 0 Å². The fraction of sp³-hybridized carbons (Fsp3) is 1.00. The molecular weight excluding hydrogens is 241 g/mol. The van der Waals surface area contributed by atoms with E-state index in [0.29, 0.717) is 0 Å². The zero-order valence-electron chi connectivity index (χ0n) is 5.78. The first kappa shape index (κ1) is 17.8. The summed E-state index contributed by atoms with van der Waals surface area (Å²) in [6, 6.07) is 0. The molecule has 0 spiro atoms. The normalized spacial score (nSPS) is 13.5. The standard InChI is InChI=1S/2CH5O3P.Co/c2*1-4-5(2)3;/h2*5H,1H3,(H,2,3);/q;;+2/p-2. The molecule has 0 aliphatic rings. The van der Waals surface area contributed by atoms with Crippen molar-refractivity contribution in [2.75, 3.05) is 14.2 Å². The Labute approximate surface area is 76.0 Å². The maximum atomic E-state index is 9.22. The van der Waals surface area contributed by atoms with Crippen molar-refractivity contribution < 1.29 is 44.7 Å². The average Bonchev–Trinajstić information content (AvgIpc) is 1.89. The van der Waals surface area contributed by atoms with Crippen LogP contribution in [0.4, 0.5) is 0 Å². The maximum Gasteiger partial charge on any atom is 2.00 e. The summed E-state index contributed by atoms with van der Waals surface area (Å²) in [6.07, 6.45) is 0. The SMILES string of the molecule is CO[PH](=O)[O-].CO[PH](=O)[O-].[Co+2]. The van der Waals surface area contributed by atoms with E-state index in [0.717, 1.165) is 14.2 Å². The van der Waals surface area contributed by atoms with Crippen LogP contribution in [-0.4, -0.2) is 14.2 Å². The van der Waals surface area contributed by atoms with E-state index in [1.54, 1.807) is 0 Å². The van der Waals surface area contributed by atoms with Gasteiger partial charge in [0.25, 0.3) is 0 Å². The topological polar surface area (TPSA) is 98.7 Å². The van der Waals surface area contributed by atoms with Crippen molar-refractivity contribution >= 4 is 16.5 Å². The molecule has 1 radical (unpaired) electrons. The summed E-state index contributed by atoms with van der Waals surface area (Å²) >= 11 is 0. The Kier molecular flexibility index (Phi) is 21.7. The maximum absolute atomic E-state index is 9.22. The summed E-state index contributed by atoms with van der Waals surface area (Å²) in [4.78, 5) is 18.4. The molecule has 0 aromatic heterocycles. The Morgan fingerprint density at radius 2 is 1.09 bits per heavy atom. The molecule has 11 heavy (non-hydrogen) atoms. The molecule has 0 saturated heterocycles. The van der Waals surface area contributed by atoms with Crippen molar-refractivity contribution in [3.63, 3.8) is 0 Å². The van der Waals surface area contributed by atoms with Crippen LogP contribution in [0.15, 0.2) is 0 Å². The second-order valence-corrected chi connectivity index (χ2v) is 2.72. The minimum Gasteiger partial charge on any atom is -0.781 e. The molecule has 0 amide bonds. The van der Waals surface area contributed by atoms with Crippen molar-refractivity contribution in [1.29, 1.82) is 0 Å². The third-order valence-corrected chi connectivity index (χ3v) is 1.00. The third-order valence-electron chi connectivity index (χ3n) is 0.333. The van der Waals surface area contributed by atoms with E-state index in [4.69, 9.17) is 0 Å². The van der Waals surface area contributed by atoms with Gasteiger partial charge in [-0.3, -0.25) is 0 Å². The second kappa shape index (κ2) is 13.4. The summed E-state index contributed by atoms with van der Waals surface area (Å²) < 4.78 is 25.9. The fourth-order valence-corrected chi connectivity index (χ4v) is 0.